The zero-order valence-corrected chi connectivity index (χ0v) is 16.5. The number of rotatable bonds is 7. The molecule has 2 rings (SSSR count). The summed E-state index contributed by atoms with van der Waals surface area (Å²) in [6, 6.07) is 5.90. The Bertz CT molecular complexity index is 834. The number of likely N-dealkylation sites (N-methyl/N-ethyl adjacent to an activating group) is 1. The average Bonchev–Trinajstić information content (AvgIpc) is 2.64. The van der Waals surface area contributed by atoms with Gasteiger partial charge in [0.1, 0.15) is 0 Å². The van der Waals surface area contributed by atoms with E-state index in [-0.39, 0.29) is 6.01 Å². The van der Waals surface area contributed by atoms with Crippen LogP contribution in [0.15, 0.2) is 41.7 Å². The minimum Gasteiger partial charge on any atom is -0.480 e. The maximum Gasteiger partial charge on any atom is 0.319 e. The van der Waals surface area contributed by atoms with Crippen molar-refractivity contribution in [1.29, 1.82) is 0 Å². The van der Waals surface area contributed by atoms with Crippen molar-refractivity contribution >= 4 is 17.3 Å². The van der Waals surface area contributed by atoms with Gasteiger partial charge in [-0.1, -0.05) is 24.2 Å². The Hall–Kier alpha value is -2.60. The number of hydrogen-bond acceptors (Lipinski definition) is 6. The van der Waals surface area contributed by atoms with Crippen LogP contribution in [0.2, 0.25) is 5.02 Å². The molecule has 0 saturated heterocycles. The first-order valence-corrected chi connectivity index (χ1v) is 8.36. The summed E-state index contributed by atoms with van der Waals surface area (Å²) in [6.45, 7) is 6.45. The average molecular weight is 375 g/mol. The van der Waals surface area contributed by atoms with E-state index in [0.29, 0.717) is 28.7 Å². The second-order valence-corrected chi connectivity index (χ2v) is 6.30. The molecule has 1 heterocycles. The summed E-state index contributed by atoms with van der Waals surface area (Å²) < 4.78 is 10.5. The third kappa shape index (κ3) is 4.52. The Morgan fingerprint density at radius 1 is 1.23 bits per heavy atom. The SMILES string of the molecule is C=C(CN=C(c1cc(Cl)ccc1C)c1cnc(OC)nc1OC)N(C)C. The molecule has 0 aliphatic rings. The lowest BCUT2D eigenvalue weighted by Gasteiger charge is -2.16. The predicted octanol–water partition coefficient (Wildman–Crippen LogP) is 3.37. The summed E-state index contributed by atoms with van der Waals surface area (Å²) in [5.74, 6) is 0.380. The fourth-order valence-corrected chi connectivity index (χ4v) is 2.42. The maximum absolute atomic E-state index is 6.22. The van der Waals surface area contributed by atoms with Crippen LogP contribution in [0.1, 0.15) is 16.7 Å². The molecule has 0 bridgehead atoms. The van der Waals surface area contributed by atoms with Crippen LogP contribution in [0, 0.1) is 6.92 Å². The summed E-state index contributed by atoms with van der Waals surface area (Å²) in [7, 11) is 6.91. The summed E-state index contributed by atoms with van der Waals surface area (Å²) in [5, 5.41) is 0.623. The first kappa shape index (κ1) is 19.7. The van der Waals surface area contributed by atoms with Crippen molar-refractivity contribution in [2.24, 2.45) is 4.99 Å². The van der Waals surface area contributed by atoms with E-state index >= 15 is 0 Å². The standard InChI is InChI=1S/C19H23ClN4O2/c1-12-7-8-14(20)9-15(12)17(21-10-13(2)24(3)4)16-11-22-19(26-6)23-18(16)25-5/h7-9,11H,2,10H2,1,3-6H3. The summed E-state index contributed by atoms with van der Waals surface area (Å²) in [4.78, 5) is 15.2. The molecule has 1 aromatic carbocycles. The van der Waals surface area contributed by atoms with Crippen molar-refractivity contribution in [3.8, 4) is 11.9 Å². The van der Waals surface area contributed by atoms with Gasteiger partial charge in [0.05, 0.1) is 32.0 Å². The van der Waals surface area contributed by atoms with Crippen LogP contribution in [0.5, 0.6) is 11.9 Å². The topological polar surface area (TPSA) is 59.8 Å². The second-order valence-electron chi connectivity index (χ2n) is 5.86. The number of aliphatic imine (C=N–C) groups is 1. The molecule has 7 heteroatoms. The van der Waals surface area contributed by atoms with Crippen molar-refractivity contribution in [1.82, 2.24) is 14.9 Å². The number of halogens is 1. The monoisotopic (exact) mass is 374 g/mol. The van der Waals surface area contributed by atoms with Crippen LogP contribution >= 0.6 is 11.6 Å². The van der Waals surface area contributed by atoms with Crippen molar-refractivity contribution in [3.05, 3.63) is 58.4 Å². The number of methoxy groups -OCH3 is 2. The lowest BCUT2D eigenvalue weighted by molar-refractivity contribution is 0.351. The zero-order valence-electron chi connectivity index (χ0n) is 15.7. The molecule has 2 aromatic rings. The number of ether oxygens (including phenoxy) is 2. The highest BCUT2D eigenvalue weighted by molar-refractivity contribution is 6.31. The summed E-state index contributed by atoms with van der Waals surface area (Å²) in [6.07, 6.45) is 1.64. The summed E-state index contributed by atoms with van der Waals surface area (Å²) >= 11 is 6.22. The van der Waals surface area contributed by atoms with Crippen LogP contribution in [-0.2, 0) is 0 Å². The molecule has 0 saturated carbocycles. The molecule has 0 aliphatic carbocycles. The number of benzene rings is 1. The fourth-order valence-electron chi connectivity index (χ4n) is 2.24. The van der Waals surface area contributed by atoms with Crippen molar-refractivity contribution in [2.75, 3.05) is 34.9 Å². The molecule has 6 nitrogen and oxygen atoms in total. The van der Waals surface area contributed by atoms with Crippen LogP contribution in [-0.4, -0.2) is 55.4 Å². The van der Waals surface area contributed by atoms with Crippen LogP contribution in [0.4, 0.5) is 0 Å². The first-order valence-electron chi connectivity index (χ1n) is 7.98. The molecule has 1 aromatic heterocycles. The Labute approximate surface area is 159 Å². The van der Waals surface area contributed by atoms with E-state index in [1.165, 1.54) is 7.11 Å². The Morgan fingerprint density at radius 2 is 1.96 bits per heavy atom. The van der Waals surface area contributed by atoms with Gasteiger partial charge in [-0.15, -0.1) is 0 Å². The smallest absolute Gasteiger partial charge is 0.319 e. The van der Waals surface area contributed by atoms with E-state index in [2.05, 4.69) is 16.5 Å². The van der Waals surface area contributed by atoms with E-state index < -0.39 is 0 Å². The molecule has 0 radical (unpaired) electrons. The van der Waals surface area contributed by atoms with E-state index in [9.17, 15) is 0 Å². The third-order valence-corrected chi connectivity index (χ3v) is 4.10. The van der Waals surface area contributed by atoms with Gasteiger partial charge >= 0.3 is 6.01 Å². The molecule has 0 aliphatic heterocycles. The van der Waals surface area contributed by atoms with Crippen LogP contribution in [0.3, 0.4) is 0 Å². The lowest BCUT2D eigenvalue weighted by atomic mass is 9.99. The highest BCUT2D eigenvalue weighted by Crippen LogP contribution is 2.25. The van der Waals surface area contributed by atoms with Gasteiger partial charge in [0, 0.05) is 36.6 Å². The molecule has 0 fully saturated rings. The molecule has 0 atom stereocenters. The van der Waals surface area contributed by atoms with Gasteiger partial charge in [0.15, 0.2) is 0 Å². The van der Waals surface area contributed by atoms with Gasteiger partial charge in [-0.3, -0.25) is 4.99 Å². The molecule has 26 heavy (non-hydrogen) atoms. The van der Waals surface area contributed by atoms with Gasteiger partial charge in [-0.25, -0.2) is 4.98 Å². The molecule has 0 N–H and O–H groups in total. The first-order chi connectivity index (χ1) is 12.4. The highest BCUT2D eigenvalue weighted by Gasteiger charge is 2.18. The van der Waals surface area contributed by atoms with Crippen LogP contribution < -0.4 is 9.47 Å². The van der Waals surface area contributed by atoms with Crippen LogP contribution in [0.25, 0.3) is 0 Å². The number of aryl methyl sites for hydroxylation is 1. The van der Waals surface area contributed by atoms with Gasteiger partial charge in [0.2, 0.25) is 5.88 Å². The van der Waals surface area contributed by atoms with Crippen molar-refractivity contribution in [3.63, 3.8) is 0 Å². The second kappa shape index (κ2) is 8.67. The molecule has 0 unspecified atom stereocenters. The Balaban J connectivity index is 2.63. The maximum atomic E-state index is 6.22. The number of aromatic nitrogens is 2. The van der Waals surface area contributed by atoms with Crippen molar-refractivity contribution < 1.29 is 9.47 Å². The Kier molecular flexibility index (Phi) is 6.58. The van der Waals surface area contributed by atoms with Gasteiger partial charge in [0.25, 0.3) is 0 Å². The zero-order chi connectivity index (χ0) is 19.3. The minimum atomic E-state index is 0.227. The fraction of sp³-hybridized carbons (Fsp3) is 0.316. The van der Waals surface area contributed by atoms with E-state index in [1.807, 2.05) is 44.1 Å². The van der Waals surface area contributed by atoms with Gasteiger partial charge in [-0.05, 0) is 24.6 Å². The van der Waals surface area contributed by atoms with E-state index in [1.54, 1.807) is 13.3 Å². The Morgan fingerprint density at radius 3 is 2.58 bits per heavy atom. The highest BCUT2D eigenvalue weighted by atomic mass is 35.5. The predicted molar refractivity (Wildman–Crippen MR) is 105 cm³/mol. The molecular formula is C19H23ClN4O2. The van der Waals surface area contributed by atoms with Gasteiger partial charge < -0.3 is 14.4 Å². The largest absolute Gasteiger partial charge is 0.480 e. The number of nitrogens with zero attached hydrogens (tertiary/aromatic N) is 4. The third-order valence-electron chi connectivity index (χ3n) is 3.87. The molecular weight excluding hydrogens is 352 g/mol. The van der Waals surface area contributed by atoms with E-state index in [0.717, 1.165) is 16.8 Å². The quantitative estimate of drug-likeness (QED) is 0.695. The molecule has 0 spiro atoms. The summed E-state index contributed by atoms with van der Waals surface area (Å²) in [5.41, 5.74) is 4.13. The van der Waals surface area contributed by atoms with Crippen molar-refractivity contribution in [2.45, 2.75) is 6.92 Å². The lowest BCUT2D eigenvalue weighted by Crippen LogP contribution is -2.15. The van der Waals surface area contributed by atoms with Gasteiger partial charge in [-0.2, -0.15) is 4.98 Å². The van der Waals surface area contributed by atoms with E-state index in [4.69, 9.17) is 26.1 Å². The normalized spacial score (nSPS) is 11.2. The molecule has 138 valence electrons. The number of hydrogen-bond donors (Lipinski definition) is 0. The minimum absolute atomic E-state index is 0.227. The molecule has 0 amide bonds.